The van der Waals surface area contributed by atoms with Crippen molar-refractivity contribution in [3.8, 4) is 11.1 Å². The summed E-state index contributed by atoms with van der Waals surface area (Å²) in [5.74, 6) is 0. The molecule has 0 atom stereocenters. The number of thiol groups is 1. The number of halogens is 1. The quantitative estimate of drug-likeness (QED) is 0.602. The van der Waals surface area contributed by atoms with Crippen molar-refractivity contribution < 1.29 is 8.42 Å². The van der Waals surface area contributed by atoms with Crippen molar-refractivity contribution in [1.82, 2.24) is 0 Å². The van der Waals surface area contributed by atoms with Gasteiger partial charge in [0.25, 0.3) is 0 Å². The highest BCUT2D eigenvalue weighted by Gasteiger charge is 2.03. The van der Waals surface area contributed by atoms with Gasteiger partial charge >= 0.3 is 0 Å². The Morgan fingerprint density at radius 3 is 1.36 bits per heavy atom. The van der Waals surface area contributed by atoms with Gasteiger partial charge < -0.3 is 0 Å². The molecule has 0 N–H and O–H groups in total. The van der Waals surface area contributed by atoms with Crippen LogP contribution in [0.3, 0.4) is 0 Å². The summed E-state index contributed by atoms with van der Waals surface area (Å²) in [6, 6.07) is 8.48. The Labute approximate surface area is 75.3 Å². The summed E-state index contributed by atoms with van der Waals surface area (Å²) >= 11 is 2.72. The summed E-state index contributed by atoms with van der Waals surface area (Å²) < 4.78 is 18.8. The standard InChI is InChI=1S/C6H4.CH3BrO2S/c1-2-6-4-3-5(1)6;2-1-5(3)4/h1-4H;5H,1H2. The van der Waals surface area contributed by atoms with Crippen molar-refractivity contribution >= 4 is 26.6 Å². The van der Waals surface area contributed by atoms with Crippen LogP contribution in [0.5, 0.6) is 0 Å². The molecule has 2 nitrogen and oxygen atoms in total. The Kier molecular flexibility index (Phi) is 3.08. The third-order valence-electron chi connectivity index (χ3n) is 1.32. The number of alkyl halides is 1. The van der Waals surface area contributed by atoms with Gasteiger partial charge in [-0.15, -0.1) is 0 Å². The summed E-state index contributed by atoms with van der Waals surface area (Å²) in [5, 5.41) is 0. The van der Waals surface area contributed by atoms with Crippen molar-refractivity contribution in [3.63, 3.8) is 0 Å². The Bertz CT molecular complexity index is 274. The summed E-state index contributed by atoms with van der Waals surface area (Å²) in [4.78, 5) is 0. The highest BCUT2D eigenvalue weighted by Crippen LogP contribution is 2.29. The molecule has 0 fully saturated rings. The maximum absolute atomic E-state index is 9.36. The van der Waals surface area contributed by atoms with E-state index in [0.29, 0.717) is 0 Å². The predicted octanol–water partition coefficient (Wildman–Crippen LogP) is 1.62. The van der Waals surface area contributed by atoms with E-state index >= 15 is 0 Å². The Balaban J connectivity index is 0.000000114. The number of fused-ring (bicyclic) bond motifs is 1. The van der Waals surface area contributed by atoms with E-state index in [9.17, 15) is 8.42 Å². The molecule has 0 heterocycles. The smallest absolute Gasteiger partial charge is 0.150 e. The molecule has 0 aromatic rings. The van der Waals surface area contributed by atoms with E-state index in [-0.39, 0.29) is 4.66 Å². The number of hydrogen-bond donors (Lipinski definition) is 1. The summed E-state index contributed by atoms with van der Waals surface area (Å²) in [6.45, 7) is 0. The zero-order valence-electron chi connectivity index (χ0n) is 5.66. The van der Waals surface area contributed by atoms with Crippen LogP contribution < -0.4 is 0 Å². The molecular weight excluding hydrogens is 228 g/mol. The molecule has 0 aromatic heterocycles. The van der Waals surface area contributed by atoms with E-state index in [2.05, 4.69) is 40.2 Å². The van der Waals surface area contributed by atoms with Gasteiger partial charge in [0.15, 0.2) is 0 Å². The van der Waals surface area contributed by atoms with Crippen molar-refractivity contribution in [2.24, 2.45) is 0 Å². The van der Waals surface area contributed by atoms with Crippen LogP contribution in [0.15, 0.2) is 24.3 Å². The van der Waals surface area contributed by atoms with Gasteiger partial charge in [-0.2, -0.15) is 0 Å². The lowest BCUT2D eigenvalue weighted by atomic mass is 9.95. The molecule has 2 aliphatic rings. The van der Waals surface area contributed by atoms with Crippen LogP contribution in [0.4, 0.5) is 0 Å². The topological polar surface area (TPSA) is 34.1 Å². The third kappa shape index (κ3) is 2.31. The van der Waals surface area contributed by atoms with E-state index in [4.69, 9.17) is 0 Å². The minimum absolute atomic E-state index is 0.0718. The lowest BCUT2D eigenvalue weighted by molar-refractivity contribution is 0.619. The van der Waals surface area contributed by atoms with Gasteiger partial charge in [-0.25, -0.2) is 8.42 Å². The fraction of sp³-hybridized carbons (Fsp3) is 0.143. The highest BCUT2D eigenvalue weighted by molar-refractivity contribution is 9.10. The Morgan fingerprint density at radius 1 is 1.09 bits per heavy atom. The SMILES string of the molecule is O=[SH](=O)CBr.c1cc2ccc1-2. The van der Waals surface area contributed by atoms with E-state index < -0.39 is 10.7 Å². The third-order valence-corrected chi connectivity index (χ3v) is 2.74. The Morgan fingerprint density at radius 2 is 1.36 bits per heavy atom. The first kappa shape index (κ1) is 8.74. The largest absolute Gasteiger partial charge is 0.231 e. The first-order valence-corrected chi connectivity index (χ1v) is 5.50. The molecule has 0 saturated heterocycles. The van der Waals surface area contributed by atoms with E-state index in [1.807, 2.05) is 0 Å². The Hall–Kier alpha value is -0.350. The van der Waals surface area contributed by atoms with Crippen LogP contribution in [0.2, 0.25) is 0 Å². The minimum atomic E-state index is -2.18. The van der Waals surface area contributed by atoms with Gasteiger partial charge in [-0.1, -0.05) is 40.2 Å². The molecule has 0 saturated carbocycles. The molecule has 0 amide bonds. The summed E-state index contributed by atoms with van der Waals surface area (Å²) in [5.41, 5.74) is 2.85. The second-order valence-corrected chi connectivity index (χ2v) is 4.44. The predicted molar refractivity (Wildman–Crippen MR) is 49.5 cm³/mol. The summed E-state index contributed by atoms with van der Waals surface area (Å²) in [6.07, 6.45) is 0. The molecule has 2 aliphatic carbocycles. The van der Waals surface area contributed by atoms with Crippen LogP contribution in [-0.4, -0.2) is 13.1 Å². The van der Waals surface area contributed by atoms with E-state index in [1.165, 1.54) is 11.1 Å². The van der Waals surface area contributed by atoms with Gasteiger partial charge in [0.05, 0.1) is 0 Å². The maximum atomic E-state index is 9.36. The van der Waals surface area contributed by atoms with Gasteiger partial charge in [0.2, 0.25) is 0 Å². The van der Waals surface area contributed by atoms with Crippen LogP contribution in [-0.2, 0) is 10.7 Å². The number of rotatable bonds is 1. The highest BCUT2D eigenvalue weighted by atomic mass is 79.9. The molecule has 0 radical (unpaired) electrons. The molecule has 0 aromatic carbocycles. The van der Waals surface area contributed by atoms with E-state index in [1.54, 1.807) is 0 Å². The second kappa shape index (κ2) is 3.88. The van der Waals surface area contributed by atoms with Crippen molar-refractivity contribution in [2.45, 2.75) is 0 Å². The van der Waals surface area contributed by atoms with Crippen LogP contribution in [0.1, 0.15) is 0 Å². The molecule has 4 heteroatoms. The number of benzene rings is 1. The van der Waals surface area contributed by atoms with Crippen molar-refractivity contribution in [2.75, 3.05) is 4.66 Å². The molecule has 60 valence electrons. The van der Waals surface area contributed by atoms with Gasteiger partial charge in [-0.05, 0) is 11.1 Å². The molecule has 0 spiro atoms. The molecule has 2 rings (SSSR count). The fourth-order valence-electron chi connectivity index (χ4n) is 0.663. The molecule has 0 aliphatic heterocycles. The number of hydrogen-bond acceptors (Lipinski definition) is 2. The summed E-state index contributed by atoms with van der Waals surface area (Å²) in [7, 11) is -2.18. The second-order valence-electron chi connectivity index (χ2n) is 2.03. The average molecular weight is 235 g/mol. The molecule has 0 bridgehead atoms. The molecule has 0 unspecified atom stereocenters. The zero-order chi connectivity index (χ0) is 8.27. The van der Waals surface area contributed by atoms with Gasteiger partial charge in [0.1, 0.15) is 15.4 Å². The zero-order valence-corrected chi connectivity index (χ0v) is 8.14. The lowest BCUT2D eigenvalue weighted by Gasteiger charge is -2.10. The lowest BCUT2D eigenvalue weighted by Crippen LogP contribution is -1.85. The van der Waals surface area contributed by atoms with E-state index in [0.717, 1.165) is 0 Å². The fourth-order valence-corrected chi connectivity index (χ4v) is 0.663. The monoisotopic (exact) mass is 234 g/mol. The van der Waals surface area contributed by atoms with Gasteiger partial charge in [-0.3, -0.25) is 0 Å². The minimum Gasteiger partial charge on any atom is -0.231 e. The van der Waals surface area contributed by atoms with Gasteiger partial charge in [0, 0.05) is 0 Å². The first-order chi connectivity index (χ1) is 5.24. The normalized spacial score (nSPS) is 10.4. The average Bonchev–Trinajstić information content (AvgIpc) is 1.98. The van der Waals surface area contributed by atoms with Crippen LogP contribution in [0, 0.1) is 0 Å². The first-order valence-electron chi connectivity index (χ1n) is 3.02. The molecular formula is C7H7BrO2S. The van der Waals surface area contributed by atoms with Crippen LogP contribution >= 0.6 is 15.9 Å². The van der Waals surface area contributed by atoms with Crippen molar-refractivity contribution in [3.05, 3.63) is 24.3 Å². The van der Waals surface area contributed by atoms with Crippen molar-refractivity contribution in [1.29, 1.82) is 0 Å². The molecule has 11 heavy (non-hydrogen) atoms. The maximum Gasteiger partial charge on any atom is 0.150 e. The van der Waals surface area contributed by atoms with Crippen LogP contribution in [0.25, 0.3) is 11.1 Å².